The number of aryl methyl sites for hydroxylation is 1. The standard InChI is InChI=1S/C15H18N2O/c1-10(5-12(3)18-4)6-13-9-17-15-14(13)7-11(2)8-16-15/h5,7-9H,1,6H2,2-4H3,(H,16,17)/b12-5+. The monoisotopic (exact) mass is 242 g/mol. The molecule has 0 aliphatic carbocycles. The van der Waals surface area contributed by atoms with Gasteiger partial charge in [-0.15, -0.1) is 0 Å². The maximum absolute atomic E-state index is 5.13. The normalized spacial score (nSPS) is 11.8. The first kappa shape index (κ1) is 12.4. The molecular weight excluding hydrogens is 224 g/mol. The van der Waals surface area contributed by atoms with E-state index in [1.54, 1.807) is 7.11 Å². The predicted molar refractivity (Wildman–Crippen MR) is 74.4 cm³/mol. The van der Waals surface area contributed by atoms with Gasteiger partial charge in [0.25, 0.3) is 0 Å². The first-order valence-electron chi connectivity index (χ1n) is 5.93. The quantitative estimate of drug-likeness (QED) is 0.658. The molecule has 0 aliphatic heterocycles. The second kappa shape index (κ2) is 5.08. The summed E-state index contributed by atoms with van der Waals surface area (Å²) >= 11 is 0. The van der Waals surface area contributed by atoms with E-state index in [2.05, 4.69) is 22.6 Å². The summed E-state index contributed by atoms with van der Waals surface area (Å²) in [5, 5.41) is 1.17. The average Bonchev–Trinajstić information content (AvgIpc) is 2.71. The van der Waals surface area contributed by atoms with Crippen LogP contribution in [-0.2, 0) is 11.2 Å². The van der Waals surface area contributed by atoms with Crippen LogP contribution in [0.1, 0.15) is 18.1 Å². The molecule has 0 atom stereocenters. The number of allylic oxidation sites excluding steroid dienone is 3. The average molecular weight is 242 g/mol. The van der Waals surface area contributed by atoms with E-state index in [-0.39, 0.29) is 0 Å². The minimum atomic E-state index is 0.797. The van der Waals surface area contributed by atoms with Crippen LogP contribution in [-0.4, -0.2) is 17.1 Å². The molecule has 0 fully saturated rings. The topological polar surface area (TPSA) is 37.9 Å². The third-order valence-corrected chi connectivity index (χ3v) is 2.90. The van der Waals surface area contributed by atoms with Crippen molar-refractivity contribution in [3.8, 4) is 0 Å². The van der Waals surface area contributed by atoms with Gasteiger partial charge >= 0.3 is 0 Å². The SMILES string of the molecule is C=C(/C=C(\C)OC)Cc1c[nH]c2ncc(C)cc12. The van der Waals surface area contributed by atoms with Gasteiger partial charge in [-0.25, -0.2) is 4.98 Å². The number of H-pyrrole nitrogens is 1. The molecule has 2 rings (SSSR count). The summed E-state index contributed by atoms with van der Waals surface area (Å²) in [5.41, 5.74) is 4.33. The number of methoxy groups -OCH3 is 1. The molecule has 0 unspecified atom stereocenters. The van der Waals surface area contributed by atoms with Crippen LogP contribution in [0.2, 0.25) is 0 Å². The molecule has 0 bridgehead atoms. The Morgan fingerprint density at radius 1 is 1.56 bits per heavy atom. The third kappa shape index (κ3) is 2.62. The second-order valence-corrected chi connectivity index (χ2v) is 4.52. The van der Waals surface area contributed by atoms with Gasteiger partial charge in [0.05, 0.1) is 12.9 Å². The van der Waals surface area contributed by atoms with Crippen molar-refractivity contribution in [2.75, 3.05) is 7.11 Å². The first-order valence-corrected chi connectivity index (χ1v) is 5.93. The Kier molecular flexibility index (Phi) is 3.51. The van der Waals surface area contributed by atoms with Crippen LogP contribution < -0.4 is 0 Å². The Labute approximate surface area is 107 Å². The summed E-state index contributed by atoms with van der Waals surface area (Å²) in [5.74, 6) is 0.870. The zero-order valence-corrected chi connectivity index (χ0v) is 11.1. The predicted octanol–water partition coefficient (Wildman–Crippen LogP) is 3.52. The van der Waals surface area contributed by atoms with E-state index in [1.807, 2.05) is 32.3 Å². The molecule has 0 radical (unpaired) electrons. The summed E-state index contributed by atoms with van der Waals surface area (Å²) in [6.07, 6.45) is 6.62. The fourth-order valence-corrected chi connectivity index (χ4v) is 1.95. The molecule has 2 aromatic rings. The molecule has 0 aliphatic rings. The van der Waals surface area contributed by atoms with Crippen molar-refractivity contribution in [1.29, 1.82) is 0 Å². The lowest BCUT2D eigenvalue weighted by molar-refractivity contribution is 0.293. The molecule has 0 saturated heterocycles. The van der Waals surface area contributed by atoms with Crippen LogP contribution in [0.5, 0.6) is 0 Å². The minimum Gasteiger partial charge on any atom is -0.501 e. The fraction of sp³-hybridized carbons (Fsp3) is 0.267. The highest BCUT2D eigenvalue weighted by molar-refractivity contribution is 5.80. The maximum Gasteiger partial charge on any atom is 0.137 e. The number of ether oxygens (including phenoxy) is 1. The third-order valence-electron chi connectivity index (χ3n) is 2.90. The zero-order chi connectivity index (χ0) is 13.1. The molecule has 0 amide bonds. The molecule has 2 aromatic heterocycles. The zero-order valence-electron chi connectivity index (χ0n) is 11.1. The van der Waals surface area contributed by atoms with Crippen molar-refractivity contribution in [3.05, 3.63) is 53.6 Å². The number of aromatic amines is 1. The van der Waals surface area contributed by atoms with Crippen molar-refractivity contribution in [2.24, 2.45) is 0 Å². The Hall–Kier alpha value is -2.03. The van der Waals surface area contributed by atoms with Gasteiger partial charge in [-0.3, -0.25) is 0 Å². The van der Waals surface area contributed by atoms with Gasteiger partial charge in [-0.05, 0) is 49.1 Å². The Morgan fingerprint density at radius 3 is 3.06 bits per heavy atom. The van der Waals surface area contributed by atoms with Crippen molar-refractivity contribution < 1.29 is 4.74 Å². The van der Waals surface area contributed by atoms with Gasteiger partial charge in [0.15, 0.2) is 0 Å². The van der Waals surface area contributed by atoms with Crippen LogP contribution in [0.4, 0.5) is 0 Å². The molecule has 2 heterocycles. The summed E-state index contributed by atoms with van der Waals surface area (Å²) in [6.45, 7) is 8.03. The molecule has 18 heavy (non-hydrogen) atoms. The first-order chi connectivity index (χ1) is 8.60. The number of pyridine rings is 1. The number of fused-ring (bicyclic) bond motifs is 1. The number of hydrogen-bond donors (Lipinski definition) is 1. The largest absolute Gasteiger partial charge is 0.501 e. The fourth-order valence-electron chi connectivity index (χ4n) is 1.95. The minimum absolute atomic E-state index is 0.797. The summed E-state index contributed by atoms with van der Waals surface area (Å²) in [7, 11) is 1.66. The Morgan fingerprint density at radius 2 is 2.33 bits per heavy atom. The molecule has 94 valence electrons. The lowest BCUT2D eigenvalue weighted by atomic mass is 10.1. The second-order valence-electron chi connectivity index (χ2n) is 4.52. The van der Waals surface area contributed by atoms with E-state index < -0.39 is 0 Å². The van der Waals surface area contributed by atoms with Crippen LogP contribution >= 0.6 is 0 Å². The van der Waals surface area contributed by atoms with E-state index in [9.17, 15) is 0 Å². The number of hydrogen-bond acceptors (Lipinski definition) is 2. The van der Waals surface area contributed by atoms with Crippen LogP contribution in [0, 0.1) is 6.92 Å². The molecule has 0 saturated carbocycles. The molecule has 3 heteroatoms. The lowest BCUT2D eigenvalue weighted by Gasteiger charge is -2.02. The molecule has 0 aromatic carbocycles. The smallest absolute Gasteiger partial charge is 0.137 e. The van der Waals surface area contributed by atoms with Gasteiger partial charge in [-0.1, -0.05) is 6.58 Å². The highest BCUT2D eigenvalue weighted by Gasteiger charge is 2.05. The van der Waals surface area contributed by atoms with E-state index >= 15 is 0 Å². The van der Waals surface area contributed by atoms with Crippen molar-refractivity contribution >= 4 is 11.0 Å². The van der Waals surface area contributed by atoms with Crippen LogP contribution in [0.3, 0.4) is 0 Å². The number of rotatable bonds is 4. The lowest BCUT2D eigenvalue weighted by Crippen LogP contribution is -1.88. The maximum atomic E-state index is 5.13. The van der Waals surface area contributed by atoms with E-state index in [0.717, 1.165) is 29.0 Å². The molecular formula is C15H18N2O. The van der Waals surface area contributed by atoms with Gasteiger partial charge in [0.2, 0.25) is 0 Å². The van der Waals surface area contributed by atoms with Crippen molar-refractivity contribution in [2.45, 2.75) is 20.3 Å². The van der Waals surface area contributed by atoms with Gasteiger partial charge in [0, 0.05) is 17.8 Å². The van der Waals surface area contributed by atoms with Crippen molar-refractivity contribution in [3.63, 3.8) is 0 Å². The Bertz CT molecular complexity index is 608. The summed E-state index contributed by atoms with van der Waals surface area (Å²) in [4.78, 5) is 7.54. The molecule has 0 spiro atoms. The van der Waals surface area contributed by atoms with E-state index in [4.69, 9.17) is 4.74 Å². The van der Waals surface area contributed by atoms with Crippen LogP contribution in [0.25, 0.3) is 11.0 Å². The highest BCUT2D eigenvalue weighted by atomic mass is 16.5. The Balaban J connectivity index is 2.27. The van der Waals surface area contributed by atoms with E-state index in [0.29, 0.717) is 0 Å². The number of aromatic nitrogens is 2. The number of nitrogens with zero attached hydrogens (tertiary/aromatic N) is 1. The van der Waals surface area contributed by atoms with Crippen molar-refractivity contribution in [1.82, 2.24) is 9.97 Å². The van der Waals surface area contributed by atoms with E-state index in [1.165, 1.54) is 10.9 Å². The molecule has 3 nitrogen and oxygen atoms in total. The van der Waals surface area contributed by atoms with Crippen LogP contribution in [0.15, 0.2) is 42.4 Å². The van der Waals surface area contributed by atoms with Gasteiger partial charge in [-0.2, -0.15) is 0 Å². The molecule has 1 N–H and O–H groups in total. The summed E-state index contributed by atoms with van der Waals surface area (Å²) < 4.78 is 5.13. The highest BCUT2D eigenvalue weighted by Crippen LogP contribution is 2.20. The van der Waals surface area contributed by atoms with Gasteiger partial charge < -0.3 is 9.72 Å². The van der Waals surface area contributed by atoms with Gasteiger partial charge in [0.1, 0.15) is 5.65 Å². The summed E-state index contributed by atoms with van der Waals surface area (Å²) in [6, 6.07) is 2.15. The number of nitrogens with one attached hydrogen (secondary N) is 1.